The lowest BCUT2D eigenvalue weighted by Crippen LogP contribution is -2.48. The first kappa shape index (κ1) is 22.8. The van der Waals surface area contributed by atoms with Gasteiger partial charge in [-0.2, -0.15) is 0 Å². The molecule has 0 fully saturated rings. The van der Waals surface area contributed by atoms with Crippen molar-refractivity contribution in [2.75, 3.05) is 6.54 Å². The first-order valence-corrected chi connectivity index (χ1v) is 10.8. The number of carbonyl (C=O) groups is 2. The molecular weight excluding hydrogens is 396 g/mol. The van der Waals surface area contributed by atoms with Gasteiger partial charge in [-0.1, -0.05) is 44.2 Å². The number of sulfonamides is 1. The molecule has 9 heteroatoms. The lowest BCUT2D eigenvalue weighted by atomic mass is 10.0. The highest BCUT2D eigenvalue weighted by Crippen LogP contribution is 2.18. The Hall–Kier alpha value is -2.49. The van der Waals surface area contributed by atoms with E-state index in [0.29, 0.717) is 0 Å². The second-order valence-electron chi connectivity index (χ2n) is 7.27. The molecule has 0 aliphatic rings. The van der Waals surface area contributed by atoms with Gasteiger partial charge in [-0.25, -0.2) is 13.1 Å². The summed E-state index contributed by atoms with van der Waals surface area (Å²) in [7, 11) is -3.82. The lowest BCUT2D eigenvalue weighted by Gasteiger charge is -2.21. The van der Waals surface area contributed by atoms with Crippen molar-refractivity contribution >= 4 is 32.7 Å². The van der Waals surface area contributed by atoms with Crippen LogP contribution in [-0.4, -0.2) is 49.2 Å². The van der Waals surface area contributed by atoms with Crippen molar-refractivity contribution < 1.29 is 28.2 Å². The lowest BCUT2D eigenvalue weighted by molar-refractivity contribution is -0.143. The molecule has 0 saturated heterocycles. The number of hydrogen-bond donors (Lipinski definition) is 4. The molecule has 0 spiro atoms. The molecular formula is C20H26N2O6S. The zero-order chi connectivity index (χ0) is 21.6. The molecule has 2 atom stereocenters. The Bertz CT molecular complexity index is 974. The van der Waals surface area contributed by atoms with Gasteiger partial charge in [0.15, 0.2) is 0 Å². The minimum Gasteiger partial charge on any atom is -0.480 e. The van der Waals surface area contributed by atoms with Gasteiger partial charge >= 0.3 is 11.9 Å². The number of carboxylic acid groups (broad SMARTS) is 2. The predicted octanol–water partition coefficient (Wildman–Crippen LogP) is 2.05. The molecule has 0 heterocycles. The number of aliphatic carboxylic acids is 2. The van der Waals surface area contributed by atoms with Gasteiger partial charge < -0.3 is 10.2 Å². The third-order valence-electron chi connectivity index (χ3n) is 4.46. The Morgan fingerprint density at radius 3 is 2.17 bits per heavy atom. The second-order valence-corrected chi connectivity index (χ2v) is 9.04. The molecule has 2 aromatic carbocycles. The largest absolute Gasteiger partial charge is 0.480 e. The quantitative estimate of drug-likeness (QED) is 0.435. The number of fused-ring (bicyclic) bond motifs is 1. The van der Waals surface area contributed by atoms with E-state index in [-0.39, 0.29) is 30.2 Å². The molecule has 4 N–H and O–H groups in total. The first-order chi connectivity index (χ1) is 13.6. The van der Waals surface area contributed by atoms with Crippen molar-refractivity contribution in [3.63, 3.8) is 0 Å². The van der Waals surface area contributed by atoms with Crippen LogP contribution >= 0.6 is 0 Å². The molecule has 29 heavy (non-hydrogen) atoms. The van der Waals surface area contributed by atoms with E-state index in [1.165, 1.54) is 6.07 Å². The van der Waals surface area contributed by atoms with Crippen LogP contribution < -0.4 is 10.0 Å². The van der Waals surface area contributed by atoms with E-state index < -0.39 is 34.0 Å². The number of benzene rings is 2. The fourth-order valence-corrected chi connectivity index (χ4v) is 4.07. The van der Waals surface area contributed by atoms with Gasteiger partial charge in [0.1, 0.15) is 12.1 Å². The van der Waals surface area contributed by atoms with Crippen molar-refractivity contribution in [2.24, 2.45) is 5.92 Å². The normalized spacial score (nSPS) is 14.0. The molecule has 0 saturated carbocycles. The van der Waals surface area contributed by atoms with Gasteiger partial charge in [-0.15, -0.1) is 0 Å². The van der Waals surface area contributed by atoms with Gasteiger partial charge in [-0.05, 0) is 41.7 Å². The van der Waals surface area contributed by atoms with Crippen molar-refractivity contribution in [1.29, 1.82) is 0 Å². The highest BCUT2D eigenvalue weighted by Gasteiger charge is 2.27. The first-order valence-electron chi connectivity index (χ1n) is 9.30. The van der Waals surface area contributed by atoms with Gasteiger partial charge in [0.25, 0.3) is 0 Å². The molecule has 2 aromatic rings. The fourth-order valence-electron chi connectivity index (χ4n) is 2.99. The Balaban J connectivity index is 2.03. The van der Waals surface area contributed by atoms with Crippen LogP contribution in [0.5, 0.6) is 0 Å². The number of rotatable bonds is 11. The Morgan fingerprint density at radius 1 is 0.966 bits per heavy atom. The second kappa shape index (κ2) is 9.82. The van der Waals surface area contributed by atoms with Crippen molar-refractivity contribution in [1.82, 2.24) is 10.0 Å². The van der Waals surface area contributed by atoms with E-state index in [1.807, 2.05) is 32.0 Å². The highest BCUT2D eigenvalue weighted by atomic mass is 32.2. The smallest absolute Gasteiger partial charge is 0.320 e. The molecule has 0 bridgehead atoms. The maximum Gasteiger partial charge on any atom is 0.320 e. The van der Waals surface area contributed by atoms with Crippen LogP contribution in [0.25, 0.3) is 10.8 Å². The molecule has 2 rings (SSSR count). The van der Waals surface area contributed by atoms with Crippen LogP contribution in [-0.2, 0) is 19.6 Å². The van der Waals surface area contributed by atoms with E-state index in [4.69, 9.17) is 0 Å². The van der Waals surface area contributed by atoms with E-state index in [0.717, 1.165) is 10.8 Å². The Kier molecular flexibility index (Phi) is 7.72. The number of hydrogen-bond acceptors (Lipinski definition) is 5. The highest BCUT2D eigenvalue weighted by molar-refractivity contribution is 7.89. The van der Waals surface area contributed by atoms with E-state index in [1.54, 1.807) is 18.2 Å². The summed E-state index contributed by atoms with van der Waals surface area (Å²) in [4.78, 5) is 22.9. The Labute approximate surface area is 170 Å². The summed E-state index contributed by atoms with van der Waals surface area (Å²) in [6, 6.07) is 9.88. The summed E-state index contributed by atoms with van der Waals surface area (Å²) in [5.74, 6) is -2.31. The maximum atomic E-state index is 12.5. The number of carboxylic acids is 2. The maximum absolute atomic E-state index is 12.5. The van der Waals surface area contributed by atoms with E-state index >= 15 is 0 Å². The zero-order valence-electron chi connectivity index (χ0n) is 16.3. The zero-order valence-corrected chi connectivity index (χ0v) is 17.1. The summed E-state index contributed by atoms with van der Waals surface area (Å²) in [6.45, 7) is 3.53. The molecule has 158 valence electrons. The predicted molar refractivity (Wildman–Crippen MR) is 109 cm³/mol. The van der Waals surface area contributed by atoms with Crippen LogP contribution in [0, 0.1) is 5.92 Å². The van der Waals surface area contributed by atoms with E-state index in [9.17, 15) is 28.2 Å². The summed E-state index contributed by atoms with van der Waals surface area (Å²) in [5, 5.41) is 22.9. The molecule has 0 aliphatic heterocycles. The molecule has 0 aliphatic carbocycles. The fraction of sp³-hybridized carbons (Fsp3) is 0.400. The third kappa shape index (κ3) is 6.52. The molecule has 0 radical (unpaired) electrons. The van der Waals surface area contributed by atoms with Gasteiger partial charge in [0.2, 0.25) is 10.0 Å². The SMILES string of the molecule is CC(C)CC(N[C@@H](CCNS(=O)(=O)c1ccc2ccccc2c1)C(=O)O)C(=O)O. The van der Waals surface area contributed by atoms with E-state index in [2.05, 4.69) is 10.0 Å². The molecule has 0 aromatic heterocycles. The van der Waals surface area contributed by atoms with Crippen molar-refractivity contribution in [3.05, 3.63) is 42.5 Å². The summed E-state index contributed by atoms with van der Waals surface area (Å²) in [6.07, 6.45) is 0.173. The Morgan fingerprint density at radius 2 is 1.59 bits per heavy atom. The van der Waals surface area contributed by atoms with Crippen molar-refractivity contribution in [2.45, 2.75) is 43.7 Å². The average molecular weight is 423 g/mol. The minimum absolute atomic E-state index is 0.0597. The summed E-state index contributed by atoms with van der Waals surface area (Å²) < 4.78 is 27.5. The monoisotopic (exact) mass is 422 g/mol. The minimum atomic E-state index is -3.82. The van der Waals surface area contributed by atoms with Crippen LogP contribution in [0.2, 0.25) is 0 Å². The van der Waals surface area contributed by atoms with Crippen molar-refractivity contribution in [3.8, 4) is 0 Å². The van der Waals surface area contributed by atoms with Crippen LogP contribution in [0.1, 0.15) is 26.7 Å². The van der Waals surface area contributed by atoms with Crippen LogP contribution in [0.4, 0.5) is 0 Å². The third-order valence-corrected chi connectivity index (χ3v) is 5.92. The molecule has 8 nitrogen and oxygen atoms in total. The van der Waals surface area contributed by atoms with Gasteiger partial charge in [0.05, 0.1) is 4.90 Å². The van der Waals surface area contributed by atoms with Gasteiger partial charge in [-0.3, -0.25) is 14.9 Å². The summed E-state index contributed by atoms with van der Waals surface area (Å²) >= 11 is 0. The summed E-state index contributed by atoms with van der Waals surface area (Å²) in [5.41, 5.74) is 0. The molecule has 1 unspecified atom stereocenters. The van der Waals surface area contributed by atoms with Gasteiger partial charge in [0, 0.05) is 6.54 Å². The topological polar surface area (TPSA) is 133 Å². The average Bonchev–Trinajstić information content (AvgIpc) is 2.65. The molecule has 0 amide bonds. The standard InChI is InChI=1S/C20H26N2O6S/c1-13(2)11-18(20(25)26)22-17(19(23)24)9-10-21-29(27,28)16-8-7-14-5-3-4-6-15(14)12-16/h3-8,12-13,17-18,21-22H,9-11H2,1-2H3,(H,23,24)(H,25,26)/t17-,18?/m0/s1. The van der Waals surface area contributed by atoms with Crippen LogP contribution in [0.3, 0.4) is 0 Å². The van der Waals surface area contributed by atoms with Crippen LogP contribution in [0.15, 0.2) is 47.4 Å². The number of nitrogens with one attached hydrogen (secondary N) is 2.